The van der Waals surface area contributed by atoms with Gasteiger partial charge in [-0.1, -0.05) is 42.5 Å². The second-order valence-corrected chi connectivity index (χ2v) is 3.03. The maximum atomic E-state index is 5.61. The van der Waals surface area contributed by atoms with Crippen molar-refractivity contribution >= 4 is 6.08 Å². The Morgan fingerprint density at radius 1 is 1.33 bits per heavy atom. The first kappa shape index (κ1) is 9.01. The van der Waals surface area contributed by atoms with E-state index >= 15 is 0 Å². The molecule has 1 aromatic carbocycles. The van der Waals surface area contributed by atoms with Crippen molar-refractivity contribution in [2.24, 2.45) is 5.73 Å². The topological polar surface area (TPSA) is 26.0 Å². The van der Waals surface area contributed by atoms with E-state index in [1.807, 2.05) is 25.1 Å². The van der Waals surface area contributed by atoms with Crippen LogP contribution in [0.25, 0.3) is 6.08 Å². The highest BCUT2D eigenvalue weighted by atomic mass is 14.6. The lowest BCUT2D eigenvalue weighted by Gasteiger charge is -1.97. The average molecular weight is 161 g/mol. The van der Waals surface area contributed by atoms with Crippen molar-refractivity contribution in [3.05, 3.63) is 42.0 Å². The molecule has 0 radical (unpaired) electrons. The highest BCUT2D eigenvalue weighted by molar-refractivity contribution is 5.48. The summed E-state index contributed by atoms with van der Waals surface area (Å²) >= 11 is 0. The predicted octanol–water partition coefficient (Wildman–Crippen LogP) is 2.44. The Morgan fingerprint density at radius 2 is 2.00 bits per heavy atom. The van der Waals surface area contributed by atoms with Crippen molar-refractivity contribution < 1.29 is 0 Å². The van der Waals surface area contributed by atoms with Crippen molar-refractivity contribution in [1.29, 1.82) is 0 Å². The maximum absolute atomic E-state index is 5.61. The fourth-order valence-corrected chi connectivity index (χ4v) is 0.983. The fraction of sp³-hybridized carbons (Fsp3) is 0.273. The van der Waals surface area contributed by atoms with Crippen LogP contribution in [-0.2, 0) is 0 Å². The summed E-state index contributed by atoms with van der Waals surface area (Å²) in [5.41, 5.74) is 6.84. The lowest BCUT2D eigenvalue weighted by Crippen LogP contribution is -2.12. The second kappa shape index (κ2) is 4.73. The number of hydrogen-bond acceptors (Lipinski definition) is 1. The van der Waals surface area contributed by atoms with Gasteiger partial charge in [-0.05, 0) is 18.9 Å². The van der Waals surface area contributed by atoms with Crippen LogP contribution in [0.2, 0.25) is 0 Å². The Balaban J connectivity index is 2.47. The van der Waals surface area contributed by atoms with Gasteiger partial charge in [-0.3, -0.25) is 0 Å². The molecule has 0 saturated carbocycles. The molecule has 0 amide bonds. The van der Waals surface area contributed by atoms with Crippen LogP contribution in [0, 0.1) is 0 Å². The van der Waals surface area contributed by atoms with Gasteiger partial charge < -0.3 is 5.73 Å². The first-order chi connectivity index (χ1) is 5.79. The Bertz CT molecular complexity index is 236. The summed E-state index contributed by atoms with van der Waals surface area (Å²) in [4.78, 5) is 0. The molecule has 0 unspecified atom stereocenters. The van der Waals surface area contributed by atoms with Gasteiger partial charge in [-0.25, -0.2) is 0 Å². The first-order valence-electron chi connectivity index (χ1n) is 4.26. The Hall–Kier alpha value is -1.08. The molecule has 1 rings (SSSR count). The van der Waals surface area contributed by atoms with Gasteiger partial charge in [0.05, 0.1) is 0 Å². The number of rotatable bonds is 3. The van der Waals surface area contributed by atoms with Crippen molar-refractivity contribution in [2.45, 2.75) is 19.4 Å². The fourth-order valence-electron chi connectivity index (χ4n) is 0.983. The van der Waals surface area contributed by atoms with Crippen LogP contribution in [0.1, 0.15) is 18.9 Å². The zero-order chi connectivity index (χ0) is 8.81. The molecule has 1 aromatic rings. The van der Waals surface area contributed by atoms with Gasteiger partial charge in [0, 0.05) is 6.04 Å². The quantitative estimate of drug-likeness (QED) is 0.724. The van der Waals surface area contributed by atoms with Crippen LogP contribution >= 0.6 is 0 Å². The SMILES string of the molecule is C[C@@H](N)C/C=C/c1ccccc1. The summed E-state index contributed by atoms with van der Waals surface area (Å²) in [6.07, 6.45) is 5.15. The van der Waals surface area contributed by atoms with Crippen molar-refractivity contribution in [2.75, 3.05) is 0 Å². The van der Waals surface area contributed by atoms with E-state index in [1.54, 1.807) is 0 Å². The normalized spacial score (nSPS) is 13.5. The minimum Gasteiger partial charge on any atom is -0.328 e. The van der Waals surface area contributed by atoms with Gasteiger partial charge in [0.2, 0.25) is 0 Å². The van der Waals surface area contributed by atoms with Crippen LogP contribution < -0.4 is 5.73 Å². The molecule has 0 bridgehead atoms. The van der Waals surface area contributed by atoms with Gasteiger partial charge >= 0.3 is 0 Å². The van der Waals surface area contributed by atoms with Crippen molar-refractivity contribution in [3.63, 3.8) is 0 Å². The van der Waals surface area contributed by atoms with Crippen LogP contribution in [0.4, 0.5) is 0 Å². The number of hydrogen-bond donors (Lipinski definition) is 1. The smallest absolute Gasteiger partial charge is 0.00451 e. The first-order valence-corrected chi connectivity index (χ1v) is 4.26. The summed E-state index contributed by atoms with van der Waals surface area (Å²) in [7, 11) is 0. The standard InChI is InChI=1S/C11H15N/c1-10(12)6-5-9-11-7-3-2-4-8-11/h2-5,7-10H,6,12H2,1H3/b9-5+/t10-/m1/s1. The number of nitrogens with two attached hydrogens (primary N) is 1. The Morgan fingerprint density at radius 3 is 2.58 bits per heavy atom. The molecule has 0 heterocycles. The molecule has 1 atom stereocenters. The van der Waals surface area contributed by atoms with Gasteiger partial charge in [0.25, 0.3) is 0 Å². The zero-order valence-corrected chi connectivity index (χ0v) is 7.40. The highest BCUT2D eigenvalue weighted by Gasteiger charge is 1.87. The lowest BCUT2D eigenvalue weighted by molar-refractivity contribution is 0.759. The van der Waals surface area contributed by atoms with Gasteiger partial charge in [-0.2, -0.15) is 0 Å². The van der Waals surface area contributed by atoms with Gasteiger partial charge in [0.15, 0.2) is 0 Å². The summed E-state index contributed by atoms with van der Waals surface area (Å²) in [5.74, 6) is 0. The Labute approximate surface area is 73.9 Å². The van der Waals surface area contributed by atoms with Crippen LogP contribution in [0.5, 0.6) is 0 Å². The van der Waals surface area contributed by atoms with Crippen LogP contribution in [0.15, 0.2) is 36.4 Å². The molecule has 0 aromatic heterocycles. The predicted molar refractivity (Wildman–Crippen MR) is 53.7 cm³/mol. The van der Waals surface area contributed by atoms with E-state index < -0.39 is 0 Å². The van der Waals surface area contributed by atoms with E-state index in [9.17, 15) is 0 Å². The molecule has 0 aliphatic carbocycles. The molecule has 2 N–H and O–H groups in total. The second-order valence-electron chi connectivity index (χ2n) is 3.03. The summed E-state index contributed by atoms with van der Waals surface area (Å²) in [6.45, 7) is 2.01. The minimum atomic E-state index is 0.255. The van der Waals surface area contributed by atoms with Gasteiger partial charge in [-0.15, -0.1) is 0 Å². The van der Waals surface area contributed by atoms with Crippen molar-refractivity contribution in [3.8, 4) is 0 Å². The molecule has 12 heavy (non-hydrogen) atoms. The third-order valence-corrected chi connectivity index (χ3v) is 1.62. The van der Waals surface area contributed by atoms with E-state index in [0.717, 1.165) is 6.42 Å². The Kier molecular flexibility index (Phi) is 3.55. The van der Waals surface area contributed by atoms with E-state index in [-0.39, 0.29) is 6.04 Å². The van der Waals surface area contributed by atoms with Crippen molar-refractivity contribution in [1.82, 2.24) is 0 Å². The molecular weight excluding hydrogens is 146 g/mol. The van der Waals surface area contributed by atoms with E-state index in [0.29, 0.717) is 0 Å². The van der Waals surface area contributed by atoms with Crippen LogP contribution in [0.3, 0.4) is 0 Å². The molecule has 1 nitrogen and oxygen atoms in total. The summed E-state index contributed by atoms with van der Waals surface area (Å²) < 4.78 is 0. The minimum absolute atomic E-state index is 0.255. The lowest BCUT2D eigenvalue weighted by atomic mass is 10.2. The molecule has 0 saturated heterocycles. The van der Waals surface area contributed by atoms with Crippen LogP contribution in [-0.4, -0.2) is 6.04 Å². The van der Waals surface area contributed by atoms with E-state index in [2.05, 4.69) is 24.3 Å². The third-order valence-electron chi connectivity index (χ3n) is 1.62. The molecule has 0 aliphatic rings. The molecule has 0 aliphatic heterocycles. The molecule has 0 spiro atoms. The summed E-state index contributed by atoms with van der Waals surface area (Å²) in [5, 5.41) is 0. The molecular formula is C11H15N. The maximum Gasteiger partial charge on any atom is 0.00451 e. The third kappa shape index (κ3) is 3.35. The summed E-state index contributed by atoms with van der Waals surface area (Å²) in [6, 6.07) is 10.5. The molecule has 64 valence electrons. The van der Waals surface area contributed by atoms with E-state index in [1.165, 1.54) is 5.56 Å². The monoisotopic (exact) mass is 161 g/mol. The zero-order valence-electron chi connectivity index (χ0n) is 7.40. The molecule has 1 heteroatoms. The van der Waals surface area contributed by atoms with E-state index in [4.69, 9.17) is 5.73 Å². The average Bonchev–Trinajstić information content (AvgIpc) is 2.05. The number of benzene rings is 1. The highest BCUT2D eigenvalue weighted by Crippen LogP contribution is 2.02. The largest absolute Gasteiger partial charge is 0.328 e. The van der Waals surface area contributed by atoms with Gasteiger partial charge in [0.1, 0.15) is 0 Å². The molecule has 0 fully saturated rings.